The average Bonchev–Trinajstić information content (AvgIpc) is 2.59. The molecule has 0 saturated carbocycles. The highest BCUT2D eigenvalue weighted by molar-refractivity contribution is 5.99. The Morgan fingerprint density at radius 3 is 2.56 bits per heavy atom. The minimum Gasteiger partial charge on any atom is -0.457 e. The van der Waals surface area contributed by atoms with Crippen LogP contribution in [0.15, 0.2) is 48.5 Å². The molecule has 1 aliphatic rings. The van der Waals surface area contributed by atoms with Crippen LogP contribution in [-0.2, 0) is 16.1 Å². The van der Waals surface area contributed by atoms with Crippen molar-refractivity contribution < 1.29 is 19.2 Å². The number of nitrogens with two attached hydrogens (primary N) is 1. The molecule has 0 radical (unpaired) electrons. The number of anilines is 1. The second-order valence-corrected chi connectivity index (χ2v) is 5.90. The van der Waals surface area contributed by atoms with E-state index in [0.29, 0.717) is 23.6 Å². The monoisotopic (exact) mass is 341 g/mol. The summed E-state index contributed by atoms with van der Waals surface area (Å²) in [5.41, 5.74) is 7.16. The number of nitrogens with zero attached hydrogens (tertiary/aromatic N) is 2. The molecular formula is C18H19N3O4. The molecule has 2 aromatic carbocycles. The van der Waals surface area contributed by atoms with Gasteiger partial charge in [0.05, 0.1) is 11.7 Å². The van der Waals surface area contributed by atoms with E-state index in [1.165, 1.54) is 19.0 Å². The molecule has 2 N–H and O–H groups in total. The van der Waals surface area contributed by atoms with Crippen molar-refractivity contribution >= 4 is 17.7 Å². The van der Waals surface area contributed by atoms with Crippen LogP contribution in [0.3, 0.4) is 0 Å². The summed E-state index contributed by atoms with van der Waals surface area (Å²) in [6.07, 6.45) is -0.311. The molecule has 0 bridgehead atoms. The molecule has 1 heterocycles. The fourth-order valence-electron chi connectivity index (χ4n) is 2.46. The fourth-order valence-corrected chi connectivity index (χ4v) is 2.46. The van der Waals surface area contributed by atoms with Crippen molar-refractivity contribution in [3.05, 3.63) is 54.1 Å². The maximum Gasteiger partial charge on any atom is 0.434 e. The van der Waals surface area contributed by atoms with Gasteiger partial charge in [-0.05, 0) is 42.3 Å². The lowest BCUT2D eigenvalue weighted by Crippen LogP contribution is -2.50. The normalized spacial score (nSPS) is 16.2. The summed E-state index contributed by atoms with van der Waals surface area (Å²) in [6.45, 7) is 0. The smallest absolute Gasteiger partial charge is 0.434 e. The lowest BCUT2D eigenvalue weighted by atomic mass is 9.99. The van der Waals surface area contributed by atoms with Gasteiger partial charge in [0, 0.05) is 14.1 Å². The van der Waals surface area contributed by atoms with Crippen LogP contribution in [0.5, 0.6) is 11.5 Å². The van der Waals surface area contributed by atoms with Crippen molar-refractivity contribution in [2.24, 2.45) is 5.73 Å². The van der Waals surface area contributed by atoms with Crippen molar-refractivity contribution in [2.75, 3.05) is 19.2 Å². The predicted octanol–water partition coefficient (Wildman–Crippen LogP) is 2.31. The van der Waals surface area contributed by atoms with Gasteiger partial charge in [-0.1, -0.05) is 18.2 Å². The van der Waals surface area contributed by atoms with Crippen molar-refractivity contribution in [2.45, 2.75) is 12.5 Å². The van der Waals surface area contributed by atoms with Crippen LogP contribution in [-0.4, -0.2) is 37.0 Å². The third-order valence-corrected chi connectivity index (χ3v) is 3.74. The summed E-state index contributed by atoms with van der Waals surface area (Å²) in [4.78, 5) is 30.5. The Morgan fingerprint density at radius 2 is 1.88 bits per heavy atom. The van der Waals surface area contributed by atoms with Gasteiger partial charge in [-0.15, -0.1) is 5.06 Å². The van der Waals surface area contributed by atoms with E-state index in [0.717, 1.165) is 10.6 Å². The molecule has 0 unspecified atom stereocenters. The summed E-state index contributed by atoms with van der Waals surface area (Å²) in [5, 5.41) is 0.956. The van der Waals surface area contributed by atoms with E-state index in [1.807, 2.05) is 30.3 Å². The van der Waals surface area contributed by atoms with Crippen LogP contribution in [0.2, 0.25) is 0 Å². The van der Waals surface area contributed by atoms with Gasteiger partial charge in [0.1, 0.15) is 11.5 Å². The lowest BCUT2D eigenvalue weighted by Gasteiger charge is -2.31. The predicted molar refractivity (Wildman–Crippen MR) is 92.3 cm³/mol. The third kappa shape index (κ3) is 3.56. The van der Waals surface area contributed by atoms with Gasteiger partial charge in [-0.2, -0.15) is 0 Å². The number of hydrogen-bond donors (Lipinski definition) is 1. The van der Waals surface area contributed by atoms with Gasteiger partial charge >= 0.3 is 6.09 Å². The Hall–Kier alpha value is -3.06. The molecule has 0 aliphatic carbocycles. The number of para-hydroxylation sites is 1. The highest BCUT2D eigenvalue weighted by Crippen LogP contribution is 2.33. The van der Waals surface area contributed by atoms with E-state index in [-0.39, 0.29) is 0 Å². The Kier molecular flexibility index (Phi) is 4.58. The number of hydrogen-bond acceptors (Lipinski definition) is 5. The molecule has 7 heteroatoms. The van der Waals surface area contributed by atoms with Gasteiger partial charge in [0.15, 0.2) is 0 Å². The molecule has 130 valence electrons. The summed E-state index contributed by atoms with van der Waals surface area (Å²) >= 11 is 0. The van der Waals surface area contributed by atoms with Gasteiger partial charge < -0.3 is 20.2 Å². The molecule has 1 atom stereocenters. The Labute approximate surface area is 145 Å². The SMILES string of the molecule is CN(C)C(=O)ON1C(=O)[C@H](N)Cc2cc(Oc3ccccc3)ccc21. The molecule has 0 aromatic heterocycles. The maximum absolute atomic E-state index is 12.3. The number of carbonyl (C=O) groups is 2. The molecule has 1 aliphatic heterocycles. The van der Waals surface area contributed by atoms with E-state index in [1.54, 1.807) is 18.2 Å². The summed E-state index contributed by atoms with van der Waals surface area (Å²) in [7, 11) is 3.07. The topological polar surface area (TPSA) is 85.1 Å². The largest absolute Gasteiger partial charge is 0.457 e. The van der Waals surface area contributed by atoms with E-state index in [2.05, 4.69) is 0 Å². The minimum absolute atomic E-state index is 0.343. The first-order valence-electron chi connectivity index (χ1n) is 7.80. The number of hydroxylamine groups is 1. The zero-order valence-electron chi connectivity index (χ0n) is 14.0. The molecule has 0 spiro atoms. The average molecular weight is 341 g/mol. The zero-order chi connectivity index (χ0) is 18.0. The second-order valence-electron chi connectivity index (χ2n) is 5.90. The van der Waals surface area contributed by atoms with Gasteiger partial charge in [0.25, 0.3) is 5.91 Å². The van der Waals surface area contributed by atoms with Crippen LogP contribution in [0, 0.1) is 0 Å². The van der Waals surface area contributed by atoms with Crippen LogP contribution in [0.4, 0.5) is 10.5 Å². The summed E-state index contributed by atoms with van der Waals surface area (Å²) in [5.74, 6) is 0.860. The lowest BCUT2D eigenvalue weighted by molar-refractivity contribution is -0.125. The Bertz CT molecular complexity index is 792. The van der Waals surface area contributed by atoms with Crippen LogP contribution in [0.1, 0.15) is 5.56 Å². The number of rotatable bonds is 3. The van der Waals surface area contributed by atoms with Crippen molar-refractivity contribution in [3.63, 3.8) is 0 Å². The fraction of sp³-hybridized carbons (Fsp3) is 0.222. The zero-order valence-corrected chi connectivity index (χ0v) is 14.0. The molecule has 25 heavy (non-hydrogen) atoms. The molecule has 3 rings (SSSR count). The quantitative estimate of drug-likeness (QED) is 0.926. The van der Waals surface area contributed by atoms with Crippen molar-refractivity contribution in [3.8, 4) is 11.5 Å². The summed E-state index contributed by atoms with van der Waals surface area (Å²) in [6, 6.07) is 13.8. The molecule has 2 aromatic rings. The molecule has 0 fully saturated rings. The summed E-state index contributed by atoms with van der Waals surface area (Å²) < 4.78 is 5.80. The third-order valence-electron chi connectivity index (χ3n) is 3.74. The number of ether oxygens (including phenoxy) is 1. The number of carbonyl (C=O) groups excluding carboxylic acids is 2. The Balaban J connectivity index is 1.89. The second kappa shape index (κ2) is 6.82. The van der Waals surface area contributed by atoms with Crippen LogP contribution in [0.25, 0.3) is 0 Å². The minimum atomic E-state index is -0.783. The standard InChI is InChI=1S/C18H19N3O4/c1-20(2)18(23)25-21-16-9-8-14(24-13-6-4-3-5-7-13)10-12(16)11-15(19)17(21)22/h3-10,15H,11,19H2,1-2H3/t15-/m1/s1. The first-order chi connectivity index (χ1) is 12.0. The number of fused-ring (bicyclic) bond motifs is 1. The Morgan fingerprint density at radius 1 is 1.16 bits per heavy atom. The van der Waals surface area contributed by atoms with E-state index in [9.17, 15) is 9.59 Å². The maximum atomic E-state index is 12.3. The van der Waals surface area contributed by atoms with E-state index in [4.69, 9.17) is 15.3 Å². The van der Waals surface area contributed by atoms with Gasteiger partial charge in [-0.3, -0.25) is 4.79 Å². The molecule has 2 amide bonds. The molecular weight excluding hydrogens is 322 g/mol. The molecule has 7 nitrogen and oxygen atoms in total. The van der Waals surface area contributed by atoms with Crippen molar-refractivity contribution in [1.29, 1.82) is 0 Å². The van der Waals surface area contributed by atoms with Gasteiger partial charge in [0.2, 0.25) is 0 Å². The van der Waals surface area contributed by atoms with E-state index >= 15 is 0 Å². The number of benzene rings is 2. The highest BCUT2D eigenvalue weighted by atomic mass is 16.7. The first kappa shape index (κ1) is 16.8. The van der Waals surface area contributed by atoms with E-state index < -0.39 is 18.0 Å². The number of amides is 2. The highest BCUT2D eigenvalue weighted by Gasteiger charge is 2.34. The molecule has 0 saturated heterocycles. The van der Waals surface area contributed by atoms with Crippen LogP contribution >= 0.6 is 0 Å². The van der Waals surface area contributed by atoms with Gasteiger partial charge in [-0.25, -0.2) is 4.79 Å². The van der Waals surface area contributed by atoms with Crippen LogP contribution < -0.4 is 15.5 Å². The first-order valence-corrected chi connectivity index (χ1v) is 7.80. The van der Waals surface area contributed by atoms with Crippen molar-refractivity contribution in [1.82, 2.24) is 4.90 Å².